The third-order valence-electron chi connectivity index (χ3n) is 5.10. The Bertz CT molecular complexity index is 1130. The molecule has 8 nitrogen and oxygen atoms in total. The van der Waals surface area contributed by atoms with E-state index in [9.17, 15) is 26.0 Å². The van der Waals surface area contributed by atoms with Gasteiger partial charge in [-0.3, -0.25) is 4.79 Å². The van der Waals surface area contributed by atoms with Gasteiger partial charge in [0, 0.05) is 26.2 Å². The first kappa shape index (κ1) is 24.3. The maximum absolute atomic E-state index is 12.9. The zero-order valence-electron chi connectivity index (χ0n) is 17.5. The van der Waals surface area contributed by atoms with Gasteiger partial charge in [-0.15, -0.1) is 0 Å². The van der Waals surface area contributed by atoms with Crippen molar-refractivity contribution in [2.45, 2.75) is 35.5 Å². The van der Waals surface area contributed by atoms with Gasteiger partial charge in [-0.1, -0.05) is 18.6 Å². The Morgan fingerprint density at radius 2 is 1.44 bits per heavy atom. The molecule has 0 unspecified atom stereocenters. The predicted molar refractivity (Wildman–Crippen MR) is 117 cm³/mol. The minimum atomic E-state index is -3.86. The van der Waals surface area contributed by atoms with Crippen molar-refractivity contribution in [3.63, 3.8) is 0 Å². The summed E-state index contributed by atoms with van der Waals surface area (Å²) in [5, 5.41) is 2.59. The summed E-state index contributed by atoms with van der Waals surface area (Å²) in [4.78, 5) is 11.9. The summed E-state index contributed by atoms with van der Waals surface area (Å²) in [6.07, 6.45) is 2.69. The van der Waals surface area contributed by atoms with Gasteiger partial charge in [0.2, 0.25) is 26.0 Å². The zero-order valence-corrected chi connectivity index (χ0v) is 19.1. The number of sulfonamides is 2. The Hall–Kier alpha value is -2.34. The molecule has 0 spiro atoms. The van der Waals surface area contributed by atoms with Crippen molar-refractivity contribution in [1.29, 1.82) is 0 Å². The molecule has 1 amide bonds. The summed E-state index contributed by atoms with van der Waals surface area (Å²) in [7, 11) is -7.49. The number of hydrogen-bond donors (Lipinski definition) is 2. The molecule has 0 bridgehead atoms. The number of amides is 1. The second kappa shape index (κ2) is 10.5. The van der Waals surface area contributed by atoms with E-state index >= 15 is 0 Å². The molecule has 32 heavy (non-hydrogen) atoms. The maximum atomic E-state index is 12.9. The highest BCUT2D eigenvalue weighted by Crippen LogP contribution is 2.21. The molecule has 2 aromatic carbocycles. The molecule has 11 heteroatoms. The predicted octanol–water partition coefficient (Wildman–Crippen LogP) is 1.64. The topological polar surface area (TPSA) is 113 Å². The lowest BCUT2D eigenvalue weighted by molar-refractivity contribution is -0.120. The second-order valence-corrected chi connectivity index (χ2v) is 11.2. The molecule has 174 valence electrons. The van der Waals surface area contributed by atoms with Crippen LogP contribution in [-0.4, -0.2) is 53.2 Å². The van der Waals surface area contributed by atoms with E-state index in [1.807, 2.05) is 0 Å². The van der Waals surface area contributed by atoms with Crippen molar-refractivity contribution >= 4 is 26.0 Å². The van der Waals surface area contributed by atoms with Crippen LogP contribution in [0.2, 0.25) is 0 Å². The minimum Gasteiger partial charge on any atom is -0.355 e. The number of nitrogens with zero attached hydrogens (tertiary/aromatic N) is 1. The highest BCUT2D eigenvalue weighted by Gasteiger charge is 2.26. The summed E-state index contributed by atoms with van der Waals surface area (Å²) < 4.78 is 66.9. The molecule has 0 saturated carbocycles. The minimum absolute atomic E-state index is 0.0364. The summed E-state index contributed by atoms with van der Waals surface area (Å²) in [5.74, 6) is -0.705. The van der Waals surface area contributed by atoms with Gasteiger partial charge in [-0.25, -0.2) is 25.9 Å². The first-order chi connectivity index (χ1) is 15.2. The van der Waals surface area contributed by atoms with Crippen LogP contribution >= 0.6 is 0 Å². The van der Waals surface area contributed by atoms with E-state index in [4.69, 9.17) is 0 Å². The molecule has 0 atom stereocenters. The molecule has 0 aliphatic carbocycles. The first-order valence-electron chi connectivity index (χ1n) is 10.3. The molecule has 2 N–H and O–H groups in total. The van der Waals surface area contributed by atoms with Crippen molar-refractivity contribution in [2.75, 3.05) is 26.2 Å². The van der Waals surface area contributed by atoms with Crippen molar-refractivity contribution in [3.8, 4) is 0 Å². The van der Waals surface area contributed by atoms with Gasteiger partial charge in [0.05, 0.1) is 16.2 Å². The Morgan fingerprint density at radius 1 is 0.844 bits per heavy atom. The SMILES string of the molecule is O=C(Cc1ccc(F)cc1)NCCNS(=O)(=O)c1ccc(S(=O)(=O)N2CCCCC2)cc1. The molecule has 1 heterocycles. The fraction of sp³-hybridized carbons (Fsp3) is 0.381. The largest absolute Gasteiger partial charge is 0.355 e. The first-order valence-corrected chi connectivity index (χ1v) is 13.2. The standard InChI is InChI=1S/C21H26FN3O5S2/c22-18-6-4-17(5-7-18)16-21(26)23-12-13-24-31(27,28)19-8-10-20(11-9-19)32(29,30)25-14-2-1-3-15-25/h4-11,24H,1-3,12-16H2,(H,23,26). The van der Waals surface area contributed by atoms with Crippen molar-refractivity contribution in [1.82, 2.24) is 14.3 Å². The lowest BCUT2D eigenvalue weighted by Crippen LogP contribution is -2.36. The molecule has 1 fully saturated rings. The summed E-state index contributed by atoms with van der Waals surface area (Å²) in [6, 6.07) is 10.6. The number of carbonyl (C=O) groups is 1. The van der Waals surface area contributed by atoms with Crippen molar-refractivity contribution < 1.29 is 26.0 Å². The number of carbonyl (C=O) groups excluding carboxylic acids is 1. The van der Waals surface area contributed by atoms with Crippen LogP contribution in [0.3, 0.4) is 0 Å². The molecule has 1 saturated heterocycles. The lowest BCUT2D eigenvalue weighted by Gasteiger charge is -2.25. The maximum Gasteiger partial charge on any atom is 0.243 e. The summed E-state index contributed by atoms with van der Waals surface area (Å²) >= 11 is 0. The summed E-state index contributed by atoms with van der Waals surface area (Å²) in [5.41, 5.74) is 0.643. The van der Waals surface area contributed by atoms with E-state index < -0.39 is 20.0 Å². The van der Waals surface area contributed by atoms with E-state index in [2.05, 4.69) is 10.0 Å². The van der Waals surface area contributed by atoms with E-state index in [0.29, 0.717) is 18.7 Å². The van der Waals surface area contributed by atoms with E-state index in [1.165, 1.54) is 52.8 Å². The molecule has 1 aliphatic heterocycles. The number of rotatable bonds is 9. The molecule has 0 aromatic heterocycles. The Balaban J connectivity index is 1.50. The van der Waals surface area contributed by atoms with Gasteiger partial charge in [-0.05, 0) is 54.8 Å². The number of piperidine rings is 1. The molecular formula is C21H26FN3O5S2. The Kier molecular flexibility index (Phi) is 7.99. The third-order valence-corrected chi connectivity index (χ3v) is 8.49. The monoisotopic (exact) mass is 483 g/mol. The number of benzene rings is 2. The van der Waals surface area contributed by atoms with Crippen LogP contribution in [0, 0.1) is 5.82 Å². The van der Waals surface area contributed by atoms with Crippen LogP contribution in [0.5, 0.6) is 0 Å². The van der Waals surface area contributed by atoms with Gasteiger partial charge in [0.15, 0.2) is 0 Å². The van der Waals surface area contributed by atoms with Crippen LogP contribution in [0.15, 0.2) is 58.3 Å². The van der Waals surface area contributed by atoms with Crippen LogP contribution < -0.4 is 10.0 Å². The highest BCUT2D eigenvalue weighted by molar-refractivity contribution is 7.89. The van der Waals surface area contributed by atoms with Gasteiger partial charge in [0.1, 0.15) is 5.82 Å². The molecule has 1 aliphatic rings. The summed E-state index contributed by atoms with van der Waals surface area (Å²) in [6.45, 7) is 0.972. The normalized spacial score (nSPS) is 15.4. The van der Waals surface area contributed by atoms with Gasteiger partial charge in [-0.2, -0.15) is 4.31 Å². The number of nitrogens with one attached hydrogen (secondary N) is 2. The second-order valence-electron chi connectivity index (χ2n) is 7.49. The van der Waals surface area contributed by atoms with Gasteiger partial charge >= 0.3 is 0 Å². The highest BCUT2D eigenvalue weighted by atomic mass is 32.2. The van der Waals surface area contributed by atoms with Gasteiger partial charge in [0.25, 0.3) is 0 Å². The van der Waals surface area contributed by atoms with Crippen LogP contribution in [-0.2, 0) is 31.3 Å². The number of hydrogen-bond acceptors (Lipinski definition) is 5. The smallest absolute Gasteiger partial charge is 0.243 e. The Labute approximate surface area is 187 Å². The zero-order chi connectivity index (χ0) is 23.2. The number of halogens is 1. The Morgan fingerprint density at radius 3 is 2.06 bits per heavy atom. The molecule has 0 radical (unpaired) electrons. The van der Waals surface area contributed by atoms with Crippen LogP contribution in [0.4, 0.5) is 4.39 Å². The average Bonchev–Trinajstić information content (AvgIpc) is 2.79. The molecular weight excluding hydrogens is 457 g/mol. The van der Waals surface area contributed by atoms with Crippen molar-refractivity contribution in [2.24, 2.45) is 0 Å². The van der Waals surface area contributed by atoms with Crippen molar-refractivity contribution in [3.05, 3.63) is 59.9 Å². The average molecular weight is 484 g/mol. The fourth-order valence-electron chi connectivity index (χ4n) is 3.37. The van der Waals surface area contributed by atoms with E-state index in [-0.39, 0.29) is 41.0 Å². The fourth-order valence-corrected chi connectivity index (χ4v) is 5.91. The van der Waals surface area contributed by atoms with Crippen LogP contribution in [0.1, 0.15) is 24.8 Å². The van der Waals surface area contributed by atoms with E-state index in [0.717, 1.165) is 19.3 Å². The molecule has 3 rings (SSSR count). The third kappa shape index (κ3) is 6.35. The van der Waals surface area contributed by atoms with Gasteiger partial charge < -0.3 is 5.32 Å². The quantitative estimate of drug-likeness (QED) is 0.527. The van der Waals surface area contributed by atoms with E-state index in [1.54, 1.807) is 0 Å². The molecule has 2 aromatic rings. The van der Waals surface area contributed by atoms with Crippen LogP contribution in [0.25, 0.3) is 0 Å². The lowest BCUT2D eigenvalue weighted by atomic mass is 10.1.